The van der Waals surface area contributed by atoms with Crippen molar-refractivity contribution in [1.29, 1.82) is 0 Å². The fourth-order valence-electron chi connectivity index (χ4n) is 1.38. The highest BCUT2D eigenvalue weighted by atomic mass is 79.9. The summed E-state index contributed by atoms with van der Waals surface area (Å²) in [6.45, 7) is 1.42. The zero-order valence-corrected chi connectivity index (χ0v) is 14.2. The number of carbonyl (C=O) groups is 2. The number of hydrogen-bond donors (Lipinski definition) is 1. The summed E-state index contributed by atoms with van der Waals surface area (Å²) < 4.78 is 5.46. The average molecular weight is 424 g/mol. The summed E-state index contributed by atoms with van der Waals surface area (Å²) in [7, 11) is 0. The van der Waals surface area contributed by atoms with Crippen LogP contribution in [0.25, 0.3) is 0 Å². The van der Waals surface area contributed by atoms with Gasteiger partial charge in [-0.15, -0.1) is 0 Å². The van der Waals surface area contributed by atoms with Crippen LogP contribution in [0.1, 0.15) is 19.8 Å². The van der Waals surface area contributed by atoms with E-state index in [0.29, 0.717) is 21.1 Å². The van der Waals surface area contributed by atoms with E-state index in [1.807, 2.05) is 6.92 Å². The van der Waals surface area contributed by atoms with Gasteiger partial charge in [-0.2, -0.15) is 0 Å². The molecule has 0 spiro atoms. The first-order valence-corrected chi connectivity index (χ1v) is 7.52. The van der Waals surface area contributed by atoms with Crippen molar-refractivity contribution in [3.8, 4) is 0 Å². The van der Waals surface area contributed by atoms with Crippen molar-refractivity contribution in [1.82, 2.24) is 0 Å². The number of nitrogens with one attached hydrogen (secondary N) is 1. The monoisotopic (exact) mass is 422 g/mol. The van der Waals surface area contributed by atoms with E-state index < -0.39 is 23.4 Å². The number of nitro groups is 1. The normalized spacial score (nSPS) is 10.0. The van der Waals surface area contributed by atoms with Crippen molar-refractivity contribution in [2.24, 2.45) is 0 Å². The van der Waals surface area contributed by atoms with Crippen LogP contribution in [-0.2, 0) is 14.3 Å². The van der Waals surface area contributed by atoms with Crippen molar-refractivity contribution < 1.29 is 19.2 Å². The number of anilines is 1. The highest BCUT2D eigenvalue weighted by Crippen LogP contribution is 2.35. The summed E-state index contributed by atoms with van der Waals surface area (Å²) in [4.78, 5) is 33.0. The molecule has 0 unspecified atom stereocenters. The van der Waals surface area contributed by atoms with E-state index in [1.165, 1.54) is 12.1 Å². The molecule has 0 radical (unpaired) electrons. The lowest BCUT2D eigenvalue weighted by atomic mass is 10.3. The van der Waals surface area contributed by atoms with E-state index in [-0.39, 0.29) is 12.1 Å². The number of benzene rings is 1. The Balaban J connectivity index is 2.72. The van der Waals surface area contributed by atoms with Crippen LogP contribution in [0, 0.1) is 10.1 Å². The number of halogens is 2. The van der Waals surface area contributed by atoms with Gasteiger partial charge in [0.25, 0.3) is 11.6 Å². The molecule has 0 fully saturated rings. The number of non-ortho nitro benzene ring substituents is 1. The first kappa shape index (κ1) is 17.6. The second-order valence-electron chi connectivity index (χ2n) is 4.00. The maximum atomic E-state index is 11.7. The third-order valence-electron chi connectivity index (χ3n) is 2.32. The van der Waals surface area contributed by atoms with Crippen LogP contribution in [0.15, 0.2) is 21.1 Å². The van der Waals surface area contributed by atoms with Crippen molar-refractivity contribution >= 4 is 55.1 Å². The number of ether oxygens (including phenoxy) is 1. The summed E-state index contributed by atoms with van der Waals surface area (Å²) >= 11 is 6.29. The molecule has 1 aromatic rings. The fourth-order valence-corrected chi connectivity index (χ4v) is 2.74. The summed E-state index contributed by atoms with van der Waals surface area (Å²) in [6, 6.07) is 2.53. The summed E-state index contributed by atoms with van der Waals surface area (Å²) in [6.07, 6.45) is 0.887. The Morgan fingerprint density at radius 2 is 1.90 bits per heavy atom. The van der Waals surface area contributed by atoms with E-state index in [1.54, 1.807) is 0 Å². The molecular formula is C12H12Br2N2O5. The molecule has 0 aliphatic carbocycles. The first-order valence-electron chi connectivity index (χ1n) is 5.94. The molecule has 1 N–H and O–H groups in total. The van der Waals surface area contributed by atoms with Gasteiger partial charge >= 0.3 is 5.97 Å². The van der Waals surface area contributed by atoms with Gasteiger partial charge in [0.05, 0.1) is 10.6 Å². The van der Waals surface area contributed by atoms with Crippen LogP contribution in [0.3, 0.4) is 0 Å². The molecule has 0 heterocycles. The predicted octanol–water partition coefficient (Wildman–Crippen LogP) is 3.40. The summed E-state index contributed by atoms with van der Waals surface area (Å²) in [5.41, 5.74) is 0.207. The Bertz CT molecular complexity index is 554. The molecule has 1 rings (SSSR count). The van der Waals surface area contributed by atoms with Crippen LogP contribution < -0.4 is 5.32 Å². The predicted molar refractivity (Wildman–Crippen MR) is 83.0 cm³/mol. The Kier molecular flexibility index (Phi) is 6.76. The third kappa shape index (κ3) is 5.43. The molecule has 0 saturated carbocycles. The van der Waals surface area contributed by atoms with Crippen molar-refractivity contribution in [3.05, 3.63) is 31.2 Å². The molecule has 9 heteroatoms. The lowest BCUT2D eigenvalue weighted by Gasteiger charge is -2.10. The Morgan fingerprint density at radius 1 is 1.33 bits per heavy atom. The van der Waals surface area contributed by atoms with Crippen LogP contribution >= 0.6 is 31.9 Å². The van der Waals surface area contributed by atoms with E-state index in [9.17, 15) is 19.7 Å². The number of amides is 1. The molecule has 0 saturated heterocycles. The Labute approximate surface area is 137 Å². The number of rotatable bonds is 6. The van der Waals surface area contributed by atoms with Gasteiger partial charge in [0.1, 0.15) is 0 Å². The number of hydrogen-bond acceptors (Lipinski definition) is 5. The SMILES string of the molecule is CCCC(=O)OCC(=O)Nc1c(Br)cc([N+](=O)[O-])cc1Br. The molecule has 7 nitrogen and oxygen atoms in total. The van der Waals surface area contributed by atoms with Crippen molar-refractivity contribution in [2.75, 3.05) is 11.9 Å². The molecular weight excluding hydrogens is 412 g/mol. The molecule has 114 valence electrons. The molecule has 1 aromatic carbocycles. The molecule has 0 atom stereocenters. The zero-order chi connectivity index (χ0) is 16.0. The third-order valence-corrected chi connectivity index (χ3v) is 3.57. The second-order valence-corrected chi connectivity index (χ2v) is 5.71. The minimum atomic E-state index is -0.548. The van der Waals surface area contributed by atoms with E-state index in [4.69, 9.17) is 4.74 Å². The number of carbonyl (C=O) groups excluding carboxylic acids is 2. The minimum absolute atomic E-state index is 0.124. The van der Waals surface area contributed by atoms with Gasteiger partial charge in [-0.25, -0.2) is 0 Å². The largest absolute Gasteiger partial charge is 0.456 e. The Morgan fingerprint density at radius 3 is 2.38 bits per heavy atom. The smallest absolute Gasteiger partial charge is 0.306 e. The van der Waals surface area contributed by atoms with Crippen molar-refractivity contribution in [3.63, 3.8) is 0 Å². The van der Waals surface area contributed by atoms with Gasteiger partial charge in [0, 0.05) is 27.5 Å². The van der Waals surface area contributed by atoms with Gasteiger partial charge in [0.2, 0.25) is 0 Å². The standard InChI is InChI=1S/C12H12Br2N2O5/c1-2-3-11(18)21-6-10(17)15-12-8(13)4-7(16(19)20)5-9(12)14/h4-5H,2-3,6H2,1H3,(H,15,17). The molecule has 1 amide bonds. The highest BCUT2D eigenvalue weighted by molar-refractivity contribution is 9.11. The zero-order valence-electron chi connectivity index (χ0n) is 11.0. The van der Waals surface area contributed by atoms with E-state index in [0.717, 1.165) is 0 Å². The highest BCUT2D eigenvalue weighted by Gasteiger charge is 2.16. The maximum absolute atomic E-state index is 11.7. The number of nitro benzene ring substituents is 1. The molecule has 0 bridgehead atoms. The fraction of sp³-hybridized carbons (Fsp3) is 0.333. The van der Waals surface area contributed by atoms with Crippen molar-refractivity contribution in [2.45, 2.75) is 19.8 Å². The van der Waals surface area contributed by atoms with Gasteiger partial charge in [-0.1, -0.05) is 6.92 Å². The Hall–Kier alpha value is -1.48. The molecule has 0 aromatic heterocycles. The number of esters is 1. The van der Waals surface area contributed by atoms with Crippen LogP contribution in [0.5, 0.6) is 0 Å². The number of nitrogens with zero attached hydrogens (tertiary/aromatic N) is 1. The van der Waals surface area contributed by atoms with Gasteiger partial charge in [-0.05, 0) is 38.3 Å². The summed E-state index contributed by atoms with van der Waals surface area (Å²) in [5, 5.41) is 13.2. The van der Waals surface area contributed by atoms with Gasteiger partial charge < -0.3 is 10.1 Å². The van der Waals surface area contributed by atoms with Gasteiger partial charge in [0.15, 0.2) is 6.61 Å². The first-order chi connectivity index (χ1) is 9.85. The average Bonchev–Trinajstić information content (AvgIpc) is 2.40. The van der Waals surface area contributed by atoms with Gasteiger partial charge in [-0.3, -0.25) is 19.7 Å². The minimum Gasteiger partial charge on any atom is -0.456 e. The molecule has 0 aliphatic heterocycles. The summed E-state index contributed by atoms with van der Waals surface area (Å²) in [5.74, 6) is -0.982. The quantitative estimate of drug-likeness (QED) is 0.429. The van der Waals surface area contributed by atoms with Crippen LogP contribution in [-0.4, -0.2) is 23.4 Å². The maximum Gasteiger partial charge on any atom is 0.306 e. The van der Waals surface area contributed by atoms with E-state index in [2.05, 4.69) is 37.2 Å². The topological polar surface area (TPSA) is 98.5 Å². The molecule has 21 heavy (non-hydrogen) atoms. The second kappa shape index (κ2) is 8.08. The van der Waals surface area contributed by atoms with Crippen LogP contribution in [0.4, 0.5) is 11.4 Å². The molecule has 0 aliphatic rings. The lowest BCUT2D eigenvalue weighted by molar-refractivity contribution is -0.385. The van der Waals surface area contributed by atoms with E-state index >= 15 is 0 Å². The van der Waals surface area contributed by atoms with Crippen LogP contribution in [0.2, 0.25) is 0 Å². The lowest BCUT2D eigenvalue weighted by Crippen LogP contribution is -2.21.